The summed E-state index contributed by atoms with van der Waals surface area (Å²) in [5, 5.41) is 11.0. The Hall–Kier alpha value is -2.64. The average Bonchev–Trinajstić information content (AvgIpc) is 3.13. The van der Waals surface area contributed by atoms with E-state index in [1.807, 2.05) is 17.0 Å². The topological polar surface area (TPSA) is 82.4 Å². The van der Waals surface area contributed by atoms with E-state index >= 15 is 0 Å². The van der Waals surface area contributed by atoms with Crippen LogP contribution in [0.5, 0.6) is 11.5 Å². The number of methoxy groups -OCH3 is 2. The van der Waals surface area contributed by atoms with Gasteiger partial charge in [-0.25, -0.2) is 4.68 Å². The van der Waals surface area contributed by atoms with Crippen LogP contribution < -0.4 is 9.47 Å². The summed E-state index contributed by atoms with van der Waals surface area (Å²) in [6.45, 7) is 1.99. The van der Waals surface area contributed by atoms with E-state index in [9.17, 15) is 4.79 Å². The number of tetrazole rings is 1. The van der Waals surface area contributed by atoms with Gasteiger partial charge in [-0.15, -0.1) is 5.10 Å². The Morgan fingerprint density at radius 2 is 1.96 bits per heavy atom. The molecule has 2 aromatic rings. The summed E-state index contributed by atoms with van der Waals surface area (Å²) < 4.78 is 12.3. The van der Waals surface area contributed by atoms with Gasteiger partial charge in [0.2, 0.25) is 5.91 Å². The van der Waals surface area contributed by atoms with Crippen LogP contribution in [0, 0.1) is 0 Å². The first-order chi connectivity index (χ1) is 11.7. The molecule has 0 atom stereocenters. The smallest absolute Gasteiger partial charge is 0.222 e. The molecule has 128 valence electrons. The van der Waals surface area contributed by atoms with Crippen LogP contribution >= 0.6 is 0 Å². The first-order valence-electron chi connectivity index (χ1n) is 7.93. The van der Waals surface area contributed by atoms with Crippen molar-refractivity contribution in [1.82, 2.24) is 25.1 Å². The van der Waals surface area contributed by atoms with Crippen molar-refractivity contribution in [2.75, 3.05) is 20.8 Å². The highest BCUT2D eigenvalue weighted by Crippen LogP contribution is 2.33. The molecule has 8 heteroatoms. The monoisotopic (exact) mass is 331 g/mol. The van der Waals surface area contributed by atoms with E-state index in [1.54, 1.807) is 25.2 Å². The molecular weight excluding hydrogens is 310 g/mol. The number of hydrogen-bond acceptors (Lipinski definition) is 6. The Morgan fingerprint density at radius 3 is 2.62 bits per heavy atom. The number of carbonyl (C=O) groups excluding carboxylic acids is 1. The van der Waals surface area contributed by atoms with Gasteiger partial charge in [-0.1, -0.05) is 0 Å². The summed E-state index contributed by atoms with van der Waals surface area (Å²) >= 11 is 0. The van der Waals surface area contributed by atoms with Crippen molar-refractivity contribution in [3.05, 3.63) is 29.6 Å². The second kappa shape index (κ2) is 7.29. The number of carbonyl (C=O) groups is 1. The summed E-state index contributed by atoms with van der Waals surface area (Å²) in [7, 11) is 3.25. The Kier molecular flexibility index (Phi) is 4.93. The molecule has 0 spiro atoms. The minimum Gasteiger partial charge on any atom is -0.493 e. The van der Waals surface area contributed by atoms with Gasteiger partial charge in [0.1, 0.15) is 6.33 Å². The summed E-state index contributed by atoms with van der Waals surface area (Å²) in [5.74, 6) is 1.59. The molecule has 1 aliphatic rings. The van der Waals surface area contributed by atoms with Crippen LogP contribution in [0.4, 0.5) is 0 Å². The van der Waals surface area contributed by atoms with Gasteiger partial charge in [0.15, 0.2) is 11.5 Å². The molecule has 0 saturated heterocycles. The number of fused-ring (bicyclic) bond motifs is 1. The van der Waals surface area contributed by atoms with Crippen molar-refractivity contribution in [3.63, 3.8) is 0 Å². The van der Waals surface area contributed by atoms with Crippen molar-refractivity contribution in [1.29, 1.82) is 0 Å². The minimum atomic E-state index is 0.156. The third-order valence-electron chi connectivity index (χ3n) is 4.24. The fourth-order valence-electron chi connectivity index (χ4n) is 2.93. The third-order valence-corrected chi connectivity index (χ3v) is 4.24. The van der Waals surface area contributed by atoms with Crippen LogP contribution in [0.15, 0.2) is 18.5 Å². The van der Waals surface area contributed by atoms with Gasteiger partial charge in [0, 0.05) is 26.1 Å². The molecule has 0 saturated carbocycles. The predicted octanol–water partition coefficient (Wildman–Crippen LogP) is 1.06. The van der Waals surface area contributed by atoms with Crippen LogP contribution in [0.25, 0.3) is 0 Å². The second-order valence-electron chi connectivity index (χ2n) is 5.72. The van der Waals surface area contributed by atoms with Crippen molar-refractivity contribution in [3.8, 4) is 11.5 Å². The number of amides is 1. The molecule has 1 aromatic heterocycles. The van der Waals surface area contributed by atoms with Gasteiger partial charge in [0.05, 0.1) is 14.2 Å². The molecular formula is C16H21N5O3. The lowest BCUT2D eigenvalue weighted by Crippen LogP contribution is -2.36. The van der Waals surface area contributed by atoms with E-state index in [2.05, 4.69) is 15.5 Å². The molecule has 8 nitrogen and oxygen atoms in total. The van der Waals surface area contributed by atoms with Gasteiger partial charge in [-0.3, -0.25) is 4.79 Å². The predicted molar refractivity (Wildman–Crippen MR) is 85.7 cm³/mol. The molecule has 0 N–H and O–H groups in total. The quantitative estimate of drug-likeness (QED) is 0.787. The summed E-state index contributed by atoms with van der Waals surface area (Å²) in [6.07, 6.45) is 3.59. The van der Waals surface area contributed by atoms with E-state index < -0.39 is 0 Å². The number of aryl methyl sites for hydroxylation is 1. The summed E-state index contributed by atoms with van der Waals surface area (Å²) in [5.41, 5.74) is 2.33. The first-order valence-corrected chi connectivity index (χ1v) is 7.93. The van der Waals surface area contributed by atoms with Gasteiger partial charge in [-0.2, -0.15) is 0 Å². The molecule has 0 fully saturated rings. The number of ether oxygens (including phenoxy) is 2. The number of nitrogens with zero attached hydrogens (tertiary/aromatic N) is 5. The van der Waals surface area contributed by atoms with Crippen LogP contribution in [-0.2, 0) is 24.3 Å². The summed E-state index contributed by atoms with van der Waals surface area (Å²) in [6, 6.07) is 3.97. The molecule has 1 aromatic carbocycles. The third kappa shape index (κ3) is 3.47. The number of benzene rings is 1. The zero-order valence-electron chi connectivity index (χ0n) is 13.9. The normalized spacial score (nSPS) is 13.5. The number of aromatic nitrogens is 4. The summed E-state index contributed by atoms with van der Waals surface area (Å²) in [4.78, 5) is 14.3. The highest BCUT2D eigenvalue weighted by atomic mass is 16.5. The van der Waals surface area contributed by atoms with Gasteiger partial charge in [-0.05, 0) is 46.5 Å². The maximum absolute atomic E-state index is 12.4. The number of rotatable bonds is 6. The van der Waals surface area contributed by atoms with Crippen molar-refractivity contribution in [2.24, 2.45) is 0 Å². The van der Waals surface area contributed by atoms with E-state index in [-0.39, 0.29) is 5.91 Å². The molecule has 0 unspecified atom stereocenters. The highest BCUT2D eigenvalue weighted by molar-refractivity contribution is 5.76. The van der Waals surface area contributed by atoms with Crippen molar-refractivity contribution < 1.29 is 14.3 Å². The maximum Gasteiger partial charge on any atom is 0.222 e. The number of hydrogen-bond donors (Lipinski definition) is 0. The fourth-order valence-corrected chi connectivity index (χ4v) is 2.93. The molecule has 2 heterocycles. The lowest BCUT2D eigenvalue weighted by Gasteiger charge is -2.29. The Bertz CT molecular complexity index is 702. The molecule has 24 heavy (non-hydrogen) atoms. The lowest BCUT2D eigenvalue weighted by atomic mass is 9.98. The lowest BCUT2D eigenvalue weighted by molar-refractivity contribution is -0.132. The van der Waals surface area contributed by atoms with Gasteiger partial charge < -0.3 is 14.4 Å². The van der Waals surface area contributed by atoms with Gasteiger partial charge >= 0.3 is 0 Å². The standard InChI is InChI=1S/C16H21N5O3/c1-23-14-8-12-5-7-20(10-13(12)9-15(14)24-2)16(22)4-3-6-21-11-17-18-19-21/h8-9,11H,3-7,10H2,1-2H3. The zero-order chi connectivity index (χ0) is 16.9. The Balaban J connectivity index is 1.60. The van der Waals surface area contributed by atoms with Gasteiger partial charge in [0.25, 0.3) is 0 Å². The Morgan fingerprint density at radius 1 is 1.21 bits per heavy atom. The fraction of sp³-hybridized carbons (Fsp3) is 0.500. The first kappa shape index (κ1) is 16.2. The van der Waals surface area contributed by atoms with E-state index in [1.165, 1.54) is 5.56 Å². The van der Waals surface area contributed by atoms with Crippen LogP contribution in [0.2, 0.25) is 0 Å². The van der Waals surface area contributed by atoms with Crippen molar-refractivity contribution in [2.45, 2.75) is 32.4 Å². The SMILES string of the molecule is COc1cc2c(cc1OC)CN(C(=O)CCCn1cnnn1)CC2. The molecule has 1 aliphatic heterocycles. The van der Waals surface area contributed by atoms with Crippen LogP contribution in [-0.4, -0.2) is 51.8 Å². The van der Waals surface area contributed by atoms with E-state index in [0.29, 0.717) is 25.3 Å². The molecule has 0 aliphatic carbocycles. The maximum atomic E-state index is 12.4. The van der Waals surface area contributed by atoms with E-state index in [4.69, 9.17) is 9.47 Å². The van der Waals surface area contributed by atoms with E-state index in [0.717, 1.165) is 30.7 Å². The van der Waals surface area contributed by atoms with Crippen molar-refractivity contribution >= 4 is 5.91 Å². The second-order valence-corrected chi connectivity index (χ2v) is 5.72. The molecule has 0 radical (unpaired) electrons. The van der Waals surface area contributed by atoms with Crippen LogP contribution in [0.3, 0.4) is 0 Å². The Labute approximate surface area is 140 Å². The highest BCUT2D eigenvalue weighted by Gasteiger charge is 2.22. The largest absolute Gasteiger partial charge is 0.493 e. The molecule has 1 amide bonds. The van der Waals surface area contributed by atoms with Crippen LogP contribution in [0.1, 0.15) is 24.0 Å². The molecule has 0 bridgehead atoms. The molecule has 3 rings (SSSR count). The zero-order valence-corrected chi connectivity index (χ0v) is 13.9. The average molecular weight is 331 g/mol. The minimum absolute atomic E-state index is 0.156.